The molecule has 2 rings (SSSR count). The molecular weight excluding hydrogens is 200 g/mol. The van der Waals surface area contributed by atoms with E-state index in [1.54, 1.807) is 5.57 Å². The van der Waals surface area contributed by atoms with Crippen molar-refractivity contribution in [1.29, 1.82) is 0 Å². The second-order valence-electron chi connectivity index (χ2n) is 5.58. The fourth-order valence-corrected chi connectivity index (χ4v) is 3.28. The summed E-state index contributed by atoms with van der Waals surface area (Å²) in [5, 5.41) is 0. The lowest BCUT2D eigenvalue weighted by Gasteiger charge is -2.18. The van der Waals surface area contributed by atoms with Crippen LogP contribution in [0.5, 0.6) is 0 Å². The van der Waals surface area contributed by atoms with Crippen molar-refractivity contribution in [3.63, 3.8) is 0 Å². The van der Waals surface area contributed by atoms with Gasteiger partial charge in [0.15, 0.2) is 0 Å². The zero-order valence-electron chi connectivity index (χ0n) is 10.5. The van der Waals surface area contributed by atoms with Crippen molar-refractivity contribution in [2.24, 2.45) is 23.7 Å². The molecule has 90 valence electrons. The first kappa shape index (κ1) is 11.7. The molecule has 16 heavy (non-hydrogen) atoms. The molecule has 0 heterocycles. The second-order valence-corrected chi connectivity index (χ2v) is 5.58. The van der Waals surface area contributed by atoms with E-state index in [-0.39, 0.29) is 11.9 Å². The van der Waals surface area contributed by atoms with E-state index in [0.29, 0.717) is 17.8 Å². The number of rotatable bonds is 3. The number of allylic oxidation sites excluding steroid dienone is 2. The summed E-state index contributed by atoms with van der Waals surface area (Å²) in [6.45, 7) is 4.48. The fraction of sp³-hybridized carbons (Fsp3) is 0.786. The van der Waals surface area contributed by atoms with Gasteiger partial charge in [-0.25, -0.2) is 0 Å². The molecule has 2 nitrogen and oxygen atoms in total. The van der Waals surface area contributed by atoms with Crippen LogP contribution in [-0.4, -0.2) is 13.1 Å². The van der Waals surface area contributed by atoms with Crippen molar-refractivity contribution >= 4 is 5.97 Å². The molecule has 2 aliphatic rings. The molecule has 2 bridgehead atoms. The van der Waals surface area contributed by atoms with E-state index in [1.807, 2.05) is 0 Å². The zero-order chi connectivity index (χ0) is 11.7. The number of fused-ring (bicyclic) bond motifs is 2. The van der Waals surface area contributed by atoms with E-state index in [1.165, 1.54) is 20.0 Å². The van der Waals surface area contributed by atoms with Gasteiger partial charge in [0.2, 0.25) is 0 Å². The lowest BCUT2D eigenvalue weighted by Crippen LogP contribution is -2.22. The van der Waals surface area contributed by atoms with E-state index in [4.69, 9.17) is 4.74 Å². The van der Waals surface area contributed by atoms with Gasteiger partial charge in [-0.3, -0.25) is 4.79 Å². The Kier molecular flexibility index (Phi) is 3.36. The van der Waals surface area contributed by atoms with Crippen molar-refractivity contribution in [2.75, 3.05) is 7.11 Å². The monoisotopic (exact) mass is 222 g/mol. The van der Waals surface area contributed by atoms with Gasteiger partial charge in [-0.1, -0.05) is 25.5 Å². The van der Waals surface area contributed by atoms with Crippen LogP contribution in [0.4, 0.5) is 0 Å². The highest BCUT2D eigenvalue weighted by Crippen LogP contribution is 2.52. The van der Waals surface area contributed by atoms with Crippen molar-refractivity contribution in [1.82, 2.24) is 0 Å². The predicted octanol–water partition coefficient (Wildman–Crippen LogP) is 3.18. The third-order valence-corrected chi connectivity index (χ3v) is 4.08. The zero-order valence-corrected chi connectivity index (χ0v) is 10.5. The number of hydrogen-bond donors (Lipinski definition) is 0. The van der Waals surface area contributed by atoms with E-state index < -0.39 is 0 Å². The van der Waals surface area contributed by atoms with Crippen molar-refractivity contribution < 1.29 is 9.53 Å². The molecule has 3 unspecified atom stereocenters. The van der Waals surface area contributed by atoms with E-state index in [2.05, 4.69) is 19.9 Å². The Morgan fingerprint density at radius 2 is 2.25 bits per heavy atom. The molecule has 0 saturated heterocycles. The Hall–Kier alpha value is -0.790. The van der Waals surface area contributed by atoms with Crippen LogP contribution < -0.4 is 0 Å². The molecule has 0 aromatic carbocycles. The first-order valence-electron chi connectivity index (χ1n) is 6.41. The van der Waals surface area contributed by atoms with Crippen molar-refractivity contribution in [3.05, 3.63) is 11.6 Å². The number of carbonyl (C=O) groups excluding carboxylic acids is 1. The SMILES string of the molecule is COC(=O)C1CC2CCC1/C2=C\CC(C)C. The van der Waals surface area contributed by atoms with Crippen LogP contribution in [0, 0.1) is 23.7 Å². The summed E-state index contributed by atoms with van der Waals surface area (Å²) in [5.41, 5.74) is 1.56. The third-order valence-electron chi connectivity index (χ3n) is 4.08. The molecule has 2 saturated carbocycles. The van der Waals surface area contributed by atoms with Gasteiger partial charge in [-0.15, -0.1) is 0 Å². The number of esters is 1. The average Bonchev–Trinajstić information content (AvgIpc) is 2.81. The normalized spacial score (nSPS) is 35.0. The topological polar surface area (TPSA) is 26.3 Å². The maximum Gasteiger partial charge on any atom is 0.309 e. The van der Waals surface area contributed by atoms with Crippen molar-refractivity contribution in [2.45, 2.75) is 39.5 Å². The van der Waals surface area contributed by atoms with Gasteiger partial charge in [-0.05, 0) is 43.4 Å². The first-order valence-corrected chi connectivity index (χ1v) is 6.41. The van der Waals surface area contributed by atoms with Crippen LogP contribution in [0.2, 0.25) is 0 Å². The molecule has 0 aromatic rings. The Morgan fingerprint density at radius 1 is 1.50 bits per heavy atom. The summed E-state index contributed by atoms with van der Waals surface area (Å²) in [6, 6.07) is 0. The molecule has 0 aromatic heterocycles. The number of carbonyl (C=O) groups is 1. The van der Waals surface area contributed by atoms with Gasteiger partial charge < -0.3 is 4.74 Å². The van der Waals surface area contributed by atoms with Crippen LogP contribution in [0.25, 0.3) is 0 Å². The van der Waals surface area contributed by atoms with Gasteiger partial charge in [0, 0.05) is 0 Å². The molecule has 0 radical (unpaired) electrons. The van der Waals surface area contributed by atoms with Crippen LogP contribution in [-0.2, 0) is 9.53 Å². The van der Waals surface area contributed by atoms with Gasteiger partial charge in [0.25, 0.3) is 0 Å². The van der Waals surface area contributed by atoms with Crippen molar-refractivity contribution in [3.8, 4) is 0 Å². The minimum absolute atomic E-state index is 0.00245. The highest BCUT2D eigenvalue weighted by atomic mass is 16.5. The molecule has 3 atom stereocenters. The minimum Gasteiger partial charge on any atom is -0.469 e. The van der Waals surface area contributed by atoms with Gasteiger partial charge in [0.05, 0.1) is 13.0 Å². The van der Waals surface area contributed by atoms with Crippen LogP contribution in [0.15, 0.2) is 11.6 Å². The molecule has 2 aliphatic carbocycles. The maximum atomic E-state index is 11.6. The van der Waals surface area contributed by atoms with Gasteiger partial charge in [0.1, 0.15) is 0 Å². The summed E-state index contributed by atoms with van der Waals surface area (Å²) in [4.78, 5) is 11.6. The predicted molar refractivity (Wildman–Crippen MR) is 63.9 cm³/mol. The van der Waals surface area contributed by atoms with Crippen LogP contribution in [0.3, 0.4) is 0 Å². The Balaban J connectivity index is 2.07. The quantitative estimate of drug-likeness (QED) is 0.541. The fourth-order valence-electron chi connectivity index (χ4n) is 3.28. The number of methoxy groups -OCH3 is 1. The number of hydrogen-bond acceptors (Lipinski definition) is 2. The summed E-state index contributed by atoms with van der Waals surface area (Å²) < 4.78 is 4.89. The lowest BCUT2D eigenvalue weighted by atomic mass is 9.89. The smallest absolute Gasteiger partial charge is 0.309 e. The summed E-state index contributed by atoms with van der Waals surface area (Å²) in [7, 11) is 1.51. The lowest BCUT2D eigenvalue weighted by molar-refractivity contribution is -0.147. The average molecular weight is 222 g/mol. The molecule has 2 fully saturated rings. The Bertz CT molecular complexity index is 304. The van der Waals surface area contributed by atoms with Crippen LogP contribution >= 0.6 is 0 Å². The molecule has 0 spiro atoms. The molecule has 0 N–H and O–H groups in total. The third kappa shape index (κ3) is 2.02. The minimum atomic E-state index is 0.00245. The highest BCUT2D eigenvalue weighted by Gasteiger charge is 2.47. The molecule has 2 heteroatoms. The Morgan fingerprint density at radius 3 is 2.88 bits per heavy atom. The summed E-state index contributed by atoms with van der Waals surface area (Å²) in [5.74, 6) is 2.04. The molecular formula is C14H22O2. The van der Waals surface area contributed by atoms with E-state index in [9.17, 15) is 4.79 Å². The number of ether oxygens (including phenoxy) is 1. The molecule has 0 aliphatic heterocycles. The largest absolute Gasteiger partial charge is 0.469 e. The first-order chi connectivity index (χ1) is 7.63. The van der Waals surface area contributed by atoms with E-state index in [0.717, 1.165) is 12.8 Å². The van der Waals surface area contributed by atoms with Gasteiger partial charge in [-0.2, -0.15) is 0 Å². The van der Waals surface area contributed by atoms with Crippen LogP contribution in [0.1, 0.15) is 39.5 Å². The summed E-state index contributed by atoms with van der Waals surface area (Å²) >= 11 is 0. The molecule has 0 amide bonds. The Labute approximate surface area is 98.1 Å². The second kappa shape index (κ2) is 4.60. The van der Waals surface area contributed by atoms with Gasteiger partial charge >= 0.3 is 5.97 Å². The summed E-state index contributed by atoms with van der Waals surface area (Å²) in [6.07, 6.45) is 7.05. The highest BCUT2D eigenvalue weighted by molar-refractivity contribution is 5.74. The maximum absolute atomic E-state index is 11.6. The van der Waals surface area contributed by atoms with E-state index >= 15 is 0 Å². The standard InChI is InChI=1S/C14H22O2/c1-9(2)4-6-11-10-5-7-12(11)13(8-10)14(15)16-3/h6,9-10,12-13H,4-5,7-8H2,1-3H3/b11-6-.